The molecule has 0 aliphatic rings. The Morgan fingerprint density at radius 3 is 2.53 bits per heavy atom. The molecule has 1 aromatic carbocycles. The van der Waals surface area contributed by atoms with Crippen LogP contribution in [0, 0.1) is 0 Å². The summed E-state index contributed by atoms with van der Waals surface area (Å²) in [4.78, 5) is 12.7. The summed E-state index contributed by atoms with van der Waals surface area (Å²) in [6.07, 6.45) is 0. The summed E-state index contributed by atoms with van der Waals surface area (Å²) < 4.78 is 0.599. The van der Waals surface area contributed by atoms with Gasteiger partial charge in [0.15, 0.2) is 0 Å². The maximum atomic E-state index is 12.2. The molecule has 0 spiro atoms. The highest BCUT2D eigenvalue weighted by Gasteiger charge is 2.25. The van der Waals surface area contributed by atoms with Crippen LogP contribution in [-0.2, 0) is 5.54 Å². The van der Waals surface area contributed by atoms with Crippen LogP contribution in [0.1, 0.15) is 29.1 Å². The smallest absolute Gasteiger partial charge is 0.262 e. The Morgan fingerprint density at radius 2 is 1.95 bits per heavy atom. The SMILES string of the molecule is CC(C)(NC(=O)c1ccc(Cl)s1)c1ccccc1N. The minimum absolute atomic E-state index is 0.148. The van der Waals surface area contributed by atoms with Crippen LogP contribution < -0.4 is 11.1 Å². The van der Waals surface area contributed by atoms with Gasteiger partial charge >= 0.3 is 0 Å². The van der Waals surface area contributed by atoms with Crippen molar-refractivity contribution in [3.8, 4) is 0 Å². The third kappa shape index (κ3) is 3.08. The van der Waals surface area contributed by atoms with E-state index in [9.17, 15) is 4.79 Å². The molecule has 1 amide bonds. The zero-order chi connectivity index (χ0) is 14.0. The number of hydrogen-bond acceptors (Lipinski definition) is 3. The summed E-state index contributed by atoms with van der Waals surface area (Å²) >= 11 is 7.09. The molecular weight excluding hydrogens is 280 g/mol. The molecule has 0 fully saturated rings. The summed E-state index contributed by atoms with van der Waals surface area (Å²) in [6, 6.07) is 10.9. The standard InChI is InChI=1S/C14H15ClN2OS/c1-14(2,9-5-3-4-6-10(9)16)17-13(18)11-7-8-12(15)19-11/h3-8H,16H2,1-2H3,(H,17,18). The van der Waals surface area contributed by atoms with E-state index in [4.69, 9.17) is 17.3 Å². The quantitative estimate of drug-likeness (QED) is 0.849. The Labute approximate surface area is 121 Å². The molecule has 0 atom stereocenters. The maximum Gasteiger partial charge on any atom is 0.262 e. The fraction of sp³-hybridized carbons (Fsp3) is 0.214. The highest BCUT2D eigenvalue weighted by atomic mass is 35.5. The van der Waals surface area contributed by atoms with Gasteiger partial charge in [0.2, 0.25) is 0 Å². The van der Waals surface area contributed by atoms with Crippen LogP contribution >= 0.6 is 22.9 Å². The van der Waals surface area contributed by atoms with Gasteiger partial charge in [-0.1, -0.05) is 29.8 Å². The fourth-order valence-electron chi connectivity index (χ4n) is 1.92. The van der Waals surface area contributed by atoms with E-state index in [1.54, 1.807) is 12.1 Å². The molecule has 100 valence electrons. The van der Waals surface area contributed by atoms with E-state index in [2.05, 4.69) is 5.32 Å². The molecule has 3 nitrogen and oxygen atoms in total. The average molecular weight is 295 g/mol. The molecule has 0 bridgehead atoms. The number of amides is 1. The van der Waals surface area contributed by atoms with Crippen molar-refractivity contribution in [2.24, 2.45) is 0 Å². The predicted molar refractivity (Wildman–Crippen MR) is 80.7 cm³/mol. The monoisotopic (exact) mass is 294 g/mol. The third-order valence-electron chi connectivity index (χ3n) is 2.86. The highest BCUT2D eigenvalue weighted by Crippen LogP contribution is 2.27. The Morgan fingerprint density at radius 1 is 1.26 bits per heavy atom. The van der Waals surface area contributed by atoms with E-state index in [0.29, 0.717) is 14.9 Å². The molecule has 0 saturated carbocycles. The van der Waals surface area contributed by atoms with Gasteiger partial charge in [-0.3, -0.25) is 4.79 Å². The van der Waals surface area contributed by atoms with Crippen molar-refractivity contribution in [3.63, 3.8) is 0 Å². The molecule has 0 aliphatic heterocycles. The number of nitrogens with one attached hydrogen (secondary N) is 1. The van der Waals surface area contributed by atoms with Gasteiger partial charge in [0.1, 0.15) is 0 Å². The van der Waals surface area contributed by atoms with Gasteiger partial charge in [-0.2, -0.15) is 0 Å². The first-order chi connectivity index (χ1) is 8.90. The summed E-state index contributed by atoms with van der Waals surface area (Å²) in [5.41, 5.74) is 6.97. The molecule has 0 aliphatic carbocycles. The number of nitrogen functional groups attached to an aromatic ring is 1. The van der Waals surface area contributed by atoms with Gasteiger partial charge in [-0.05, 0) is 37.6 Å². The van der Waals surface area contributed by atoms with Gasteiger partial charge in [-0.15, -0.1) is 11.3 Å². The number of para-hydroxylation sites is 1. The summed E-state index contributed by atoms with van der Waals surface area (Å²) in [5, 5.41) is 2.98. The Balaban J connectivity index is 2.22. The van der Waals surface area contributed by atoms with Crippen LogP contribution in [0.3, 0.4) is 0 Å². The second-order valence-corrected chi connectivity index (χ2v) is 6.49. The van der Waals surface area contributed by atoms with Gasteiger partial charge in [0.05, 0.1) is 14.8 Å². The van der Waals surface area contributed by atoms with Crippen LogP contribution in [0.15, 0.2) is 36.4 Å². The number of carbonyl (C=O) groups excluding carboxylic acids is 1. The Bertz CT molecular complexity index is 607. The van der Waals surface area contributed by atoms with Crippen molar-refractivity contribution in [2.75, 3.05) is 5.73 Å². The van der Waals surface area contributed by atoms with Crippen LogP contribution in [-0.4, -0.2) is 5.91 Å². The number of rotatable bonds is 3. The number of nitrogens with two attached hydrogens (primary N) is 1. The molecule has 0 radical (unpaired) electrons. The van der Waals surface area contributed by atoms with Gasteiger partial charge in [0.25, 0.3) is 5.91 Å². The summed E-state index contributed by atoms with van der Waals surface area (Å²) in [6.45, 7) is 3.84. The number of anilines is 1. The minimum atomic E-state index is -0.543. The van der Waals surface area contributed by atoms with Crippen LogP contribution in [0.4, 0.5) is 5.69 Å². The molecular formula is C14H15ClN2OS. The molecule has 1 heterocycles. The van der Waals surface area contributed by atoms with Crippen molar-refractivity contribution in [1.82, 2.24) is 5.32 Å². The van der Waals surface area contributed by atoms with Crippen LogP contribution in [0.25, 0.3) is 0 Å². The molecule has 0 unspecified atom stereocenters. The van der Waals surface area contributed by atoms with E-state index in [1.165, 1.54) is 11.3 Å². The largest absolute Gasteiger partial charge is 0.398 e. The lowest BCUT2D eigenvalue weighted by molar-refractivity contribution is 0.0916. The molecule has 2 aromatic rings. The molecule has 19 heavy (non-hydrogen) atoms. The Kier molecular flexibility index (Phi) is 3.83. The summed E-state index contributed by atoms with van der Waals surface area (Å²) in [7, 11) is 0. The molecule has 2 rings (SSSR count). The van der Waals surface area contributed by atoms with E-state index >= 15 is 0 Å². The molecule has 1 aromatic heterocycles. The predicted octanol–water partition coefficient (Wildman–Crippen LogP) is 3.65. The van der Waals surface area contributed by atoms with E-state index in [0.717, 1.165) is 5.56 Å². The minimum Gasteiger partial charge on any atom is -0.398 e. The van der Waals surface area contributed by atoms with Crippen LogP contribution in [0.2, 0.25) is 4.34 Å². The Hall–Kier alpha value is -1.52. The fourth-order valence-corrected chi connectivity index (χ4v) is 2.85. The molecule has 3 N–H and O–H groups in total. The van der Waals surface area contributed by atoms with Crippen molar-refractivity contribution in [2.45, 2.75) is 19.4 Å². The highest BCUT2D eigenvalue weighted by molar-refractivity contribution is 7.18. The average Bonchev–Trinajstić information content (AvgIpc) is 2.76. The lowest BCUT2D eigenvalue weighted by Crippen LogP contribution is -2.41. The number of halogens is 1. The van der Waals surface area contributed by atoms with Crippen molar-refractivity contribution in [1.29, 1.82) is 0 Å². The van der Waals surface area contributed by atoms with E-state index in [-0.39, 0.29) is 5.91 Å². The number of hydrogen-bond donors (Lipinski definition) is 2. The van der Waals surface area contributed by atoms with Crippen molar-refractivity contribution < 1.29 is 4.79 Å². The van der Waals surface area contributed by atoms with Gasteiger partial charge in [0, 0.05) is 5.69 Å². The lowest BCUT2D eigenvalue weighted by atomic mass is 9.92. The first kappa shape index (κ1) is 13.9. The normalized spacial score (nSPS) is 11.3. The van der Waals surface area contributed by atoms with E-state index in [1.807, 2.05) is 38.1 Å². The molecule has 5 heteroatoms. The number of benzene rings is 1. The number of thiophene rings is 1. The van der Waals surface area contributed by atoms with Gasteiger partial charge < -0.3 is 11.1 Å². The topological polar surface area (TPSA) is 55.1 Å². The zero-order valence-corrected chi connectivity index (χ0v) is 12.3. The van der Waals surface area contributed by atoms with Crippen molar-refractivity contribution >= 4 is 34.5 Å². The third-order valence-corrected chi connectivity index (χ3v) is 4.09. The second-order valence-electron chi connectivity index (χ2n) is 4.77. The first-order valence-corrected chi connectivity index (χ1v) is 7.02. The van der Waals surface area contributed by atoms with E-state index < -0.39 is 5.54 Å². The van der Waals surface area contributed by atoms with Crippen molar-refractivity contribution in [3.05, 3.63) is 51.2 Å². The second kappa shape index (κ2) is 5.23. The van der Waals surface area contributed by atoms with Gasteiger partial charge in [-0.25, -0.2) is 0 Å². The summed E-state index contributed by atoms with van der Waals surface area (Å²) in [5.74, 6) is -0.148. The number of carbonyl (C=O) groups is 1. The van der Waals surface area contributed by atoms with Crippen LogP contribution in [0.5, 0.6) is 0 Å². The maximum absolute atomic E-state index is 12.2. The lowest BCUT2D eigenvalue weighted by Gasteiger charge is -2.28. The zero-order valence-electron chi connectivity index (χ0n) is 10.7. The first-order valence-electron chi connectivity index (χ1n) is 5.83. The molecule has 0 saturated heterocycles.